The summed E-state index contributed by atoms with van der Waals surface area (Å²) < 4.78 is 5.48. The normalized spacial score (nSPS) is 13.3. The summed E-state index contributed by atoms with van der Waals surface area (Å²) in [5, 5.41) is 15.0. The van der Waals surface area contributed by atoms with Gasteiger partial charge in [-0.15, -0.1) is 0 Å². The molecule has 0 aliphatic heterocycles. The fraction of sp³-hybridized carbons (Fsp3) is 0.412. The zero-order chi connectivity index (χ0) is 16.7. The summed E-state index contributed by atoms with van der Waals surface area (Å²) in [5.41, 5.74) is 0.896. The standard InChI is InChI=1S/C17H23N3O3/c1-12-6-7-16(23-12)13(2)20-17(22)19-10-14(11-21)9-15-5-3-4-8-18-15/h3-8,13-14,21H,9-11H2,1-2H3,(H2,19,20,22). The lowest BCUT2D eigenvalue weighted by Crippen LogP contribution is -2.40. The predicted molar refractivity (Wildman–Crippen MR) is 86.9 cm³/mol. The van der Waals surface area contributed by atoms with Crippen molar-refractivity contribution >= 4 is 6.03 Å². The lowest BCUT2D eigenvalue weighted by Gasteiger charge is -2.17. The van der Waals surface area contributed by atoms with Gasteiger partial charge >= 0.3 is 6.03 Å². The number of aliphatic hydroxyl groups excluding tert-OH is 1. The number of aliphatic hydroxyl groups is 1. The van der Waals surface area contributed by atoms with E-state index >= 15 is 0 Å². The molecular formula is C17H23N3O3. The van der Waals surface area contributed by atoms with Crippen molar-refractivity contribution in [3.05, 3.63) is 53.7 Å². The van der Waals surface area contributed by atoms with Gasteiger partial charge in [0, 0.05) is 31.0 Å². The van der Waals surface area contributed by atoms with Crippen LogP contribution in [0.3, 0.4) is 0 Å². The first-order valence-electron chi connectivity index (χ1n) is 7.70. The summed E-state index contributed by atoms with van der Waals surface area (Å²) in [4.78, 5) is 16.2. The fourth-order valence-corrected chi connectivity index (χ4v) is 2.26. The summed E-state index contributed by atoms with van der Waals surface area (Å²) in [6.07, 6.45) is 2.33. The molecule has 2 aromatic rings. The number of nitrogens with one attached hydrogen (secondary N) is 2. The first-order valence-corrected chi connectivity index (χ1v) is 7.70. The van der Waals surface area contributed by atoms with Crippen LogP contribution in [0.5, 0.6) is 0 Å². The van der Waals surface area contributed by atoms with E-state index in [1.165, 1.54) is 0 Å². The van der Waals surface area contributed by atoms with Gasteiger partial charge in [-0.2, -0.15) is 0 Å². The van der Waals surface area contributed by atoms with Crippen molar-refractivity contribution in [3.8, 4) is 0 Å². The average molecular weight is 317 g/mol. The fourth-order valence-electron chi connectivity index (χ4n) is 2.26. The SMILES string of the molecule is Cc1ccc(C(C)NC(=O)NCC(CO)Cc2ccccn2)o1. The van der Waals surface area contributed by atoms with E-state index in [1.54, 1.807) is 6.20 Å². The molecule has 2 rings (SSSR count). The molecule has 2 heterocycles. The van der Waals surface area contributed by atoms with Crippen LogP contribution in [-0.2, 0) is 6.42 Å². The molecule has 0 spiro atoms. The van der Waals surface area contributed by atoms with E-state index in [0.29, 0.717) is 18.7 Å². The van der Waals surface area contributed by atoms with Crippen LogP contribution in [0.25, 0.3) is 0 Å². The largest absolute Gasteiger partial charge is 0.464 e. The van der Waals surface area contributed by atoms with Crippen molar-refractivity contribution in [1.29, 1.82) is 0 Å². The third-order valence-corrected chi connectivity index (χ3v) is 3.57. The molecule has 2 aromatic heterocycles. The summed E-state index contributed by atoms with van der Waals surface area (Å²) in [7, 11) is 0. The van der Waals surface area contributed by atoms with Crippen LogP contribution in [-0.4, -0.2) is 29.3 Å². The molecule has 0 saturated carbocycles. The highest BCUT2D eigenvalue weighted by Crippen LogP contribution is 2.15. The van der Waals surface area contributed by atoms with E-state index in [-0.39, 0.29) is 24.6 Å². The first-order chi connectivity index (χ1) is 11.1. The first kappa shape index (κ1) is 17.0. The van der Waals surface area contributed by atoms with Crippen molar-refractivity contribution in [1.82, 2.24) is 15.6 Å². The molecular weight excluding hydrogens is 294 g/mol. The van der Waals surface area contributed by atoms with Crippen molar-refractivity contribution in [2.45, 2.75) is 26.3 Å². The number of amides is 2. The van der Waals surface area contributed by atoms with E-state index in [0.717, 1.165) is 11.5 Å². The second kappa shape index (κ2) is 8.33. The van der Waals surface area contributed by atoms with Crippen molar-refractivity contribution in [3.63, 3.8) is 0 Å². The molecule has 0 radical (unpaired) electrons. The van der Waals surface area contributed by atoms with Gasteiger partial charge in [-0.05, 0) is 44.5 Å². The Morgan fingerprint density at radius 2 is 2.17 bits per heavy atom. The summed E-state index contributed by atoms with van der Waals surface area (Å²) in [5.74, 6) is 1.45. The quantitative estimate of drug-likeness (QED) is 0.730. The van der Waals surface area contributed by atoms with Gasteiger partial charge in [0.05, 0.1) is 6.04 Å². The Hall–Kier alpha value is -2.34. The van der Waals surface area contributed by atoms with Crippen LogP contribution in [0, 0.1) is 12.8 Å². The van der Waals surface area contributed by atoms with Gasteiger partial charge < -0.3 is 20.2 Å². The van der Waals surface area contributed by atoms with Crippen molar-refractivity contribution in [2.75, 3.05) is 13.2 Å². The third-order valence-electron chi connectivity index (χ3n) is 3.57. The molecule has 124 valence electrons. The Labute approximate surface area is 135 Å². The zero-order valence-electron chi connectivity index (χ0n) is 13.5. The number of furan rings is 1. The number of urea groups is 1. The lowest BCUT2D eigenvalue weighted by molar-refractivity contribution is 0.211. The van der Waals surface area contributed by atoms with Crippen LogP contribution < -0.4 is 10.6 Å². The molecule has 2 amide bonds. The van der Waals surface area contributed by atoms with E-state index in [4.69, 9.17) is 4.42 Å². The molecule has 3 N–H and O–H groups in total. The third kappa shape index (κ3) is 5.41. The van der Waals surface area contributed by atoms with Crippen LogP contribution >= 0.6 is 0 Å². The number of aromatic nitrogens is 1. The number of aryl methyl sites for hydroxylation is 1. The van der Waals surface area contributed by atoms with Gasteiger partial charge in [-0.25, -0.2) is 4.79 Å². The zero-order valence-corrected chi connectivity index (χ0v) is 13.5. The van der Waals surface area contributed by atoms with Gasteiger partial charge in [-0.1, -0.05) is 6.07 Å². The maximum atomic E-state index is 11.9. The maximum Gasteiger partial charge on any atom is 0.315 e. The second-order valence-electron chi connectivity index (χ2n) is 5.60. The van der Waals surface area contributed by atoms with Gasteiger partial charge in [0.15, 0.2) is 0 Å². The number of hydrogen-bond acceptors (Lipinski definition) is 4. The van der Waals surface area contributed by atoms with Gasteiger partial charge in [0.25, 0.3) is 0 Å². The summed E-state index contributed by atoms with van der Waals surface area (Å²) >= 11 is 0. The van der Waals surface area contributed by atoms with Crippen LogP contribution in [0.1, 0.15) is 30.2 Å². The number of carbonyl (C=O) groups excluding carboxylic acids is 1. The number of carbonyl (C=O) groups is 1. The molecule has 2 unspecified atom stereocenters. The Kier molecular flexibility index (Phi) is 6.17. The highest BCUT2D eigenvalue weighted by atomic mass is 16.3. The monoisotopic (exact) mass is 317 g/mol. The van der Waals surface area contributed by atoms with Gasteiger partial charge in [-0.3, -0.25) is 4.98 Å². The smallest absolute Gasteiger partial charge is 0.315 e. The number of pyridine rings is 1. The molecule has 0 fully saturated rings. The number of hydrogen-bond donors (Lipinski definition) is 3. The van der Waals surface area contributed by atoms with Crippen LogP contribution in [0.2, 0.25) is 0 Å². The molecule has 0 aliphatic rings. The second-order valence-corrected chi connectivity index (χ2v) is 5.60. The molecule has 0 aliphatic carbocycles. The van der Waals surface area contributed by atoms with E-state index in [2.05, 4.69) is 15.6 Å². The molecule has 0 aromatic carbocycles. The summed E-state index contributed by atoms with van der Waals surface area (Å²) in [6.45, 7) is 4.08. The highest BCUT2D eigenvalue weighted by Gasteiger charge is 2.15. The maximum absolute atomic E-state index is 11.9. The minimum Gasteiger partial charge on any atom is -0.464 e. The molecule has 6 nitrogen and oxygen atoms in total. The number of rotatable bonds is 7. The minimum absolute atomic E-state index is 0.0101. The Bertz CT molecular complexity index is 613. The highest BCUT2D eigenvalue weighted by molar-refractivity contribution is 5.74. The Balaban J connectivity index is 1.78. The molecule has 2 atom stereocenters. The molecule has 6 heteroatoms. The topological polar surface area (TPSA) is 87.4 Å². The average Bonchev–Trinajstić information content (AvgIpc) is 2.99. The minimum atomic E-state index is -0.286. The Morgan fingerprint density at radius 3 is 2.78 bits per heavy atom. The van der Waals surface area contributed by atoms with Crippen LogP contribution in [0.15, 0.2) is 40.9 Å². The van der Waals surface area contributed by atoms with E-state index in [9.17, 15) is 9.90 Å². The van der Waals surface area contributed by atoms with Crippen LogP contribution in [0.4, 0.5) is 4.79 Å². The van der Waals surface area contributed by atoms with Gasteiger partial charge in [0.1, 0.15) is 11.5 Å². The Morgan fingerprint density at radius 1 is 1.35 bits per heavy atom. The predicted octanol–water partition coefficient (Wildman–Crippen LogP) is 2.19. The molecule has 23 heavy (non-hydrogen) atoms. The van der Waals surface area contributed by atoms with Gasteiger partial charge in [0.2, 0.25) is 0 Å². The number of nitrogens with zero attached hydrogens (tertiary/aromatic N) is 1. The van der Waals surface area contributed by atoms with E-state index in [1.807, 2.05) is 44.2 Å². The van der Waals surface area contributed by atoms with E-state index < -0.39 is 0 Å². The van der Waals surface area contributed by atoms with Crippen molar-refractivity contribution < 1.29 is 14.3 Å². The van der Waals surface area contributed by atoms with Crippen molar-refractivity contribution in [2.24, 2.45) is 5.92 Å². The molecule has 0 saturated heterocycles. The lowest BCUT2D eigenvalue weighted by atomic mass is 10.0. The molecule has 0 bridgehead atoms. The summed E-state index contributed by atoms with van der Waals surface area (Å²) in [6, 6.07) is 8.87.